The van der Waals surface area contributed by atoms with Gasteiger partial charge in [0.1, 0.15) is 5.75 Å². The fourth-order valence-electron chi connectivity index (χ4n) is 2.11. The molecule has 0 radical (unpaired) electrons. The van der Waals surface area contributed by atoms with Crippen LogP contribution >= 0.6 is 0 Å². The highest BCUT2D eigenvalue weighted by Crippen LogP contribution is 2.28. The van der Waals surface area contributed by atoms with Gasteiger partial charge in [-0.2, -0.15) is 0 Å². The van der Waals surface area contributed by atoms with E-state index < -0.39 is 0 Å². The van der Waals surface area contributed by atoms with Gasteiger partial charge in [0, 0.05) is 11.9 Å². The minimum atomic E-state index is -0.291. The summed E-state index contributed by atoms with van der Waals surface area (Å²) < 4.78 is 5.35. The molecule has 0 aliphatic carbocycles. The van der Waals surface area contributed by atoms with E-state index in [-0.39, 0.29) is 19.3 Å². The summed E-state index contributed by atoms with van der Waals surface area (Å²) in [4.78, 5) is 0. The van der Waals surface area contributed by atoms with E-state index in [2.05, 4.69) is 5.32 Å². The third-order valence-corrected chi connectivity index (χ3v) is 3.22. The molecule has 0 aromatic heterocycles. The molecule has 0 heterocycles. The average molecular weight is 261 g/mol. The zero-order chi connectivity index (χ0) is 13.7. The van der Waals surface area contributed by atoms with Crippen LogP contribution < -0.4 is 10.1 Å². The molecule has 0 unspecified atom stereocenters. The number of hydrogen-bond donors (Lipinski definition) is 3. The van der Waals surface area contributed by atoms with Crippen LogP contribution in [0.1, 0.15) is 5.56 Å². The predicted molar refractivity (Wildman–Crippen MR) is 75.3 cm³/mol. The van der Waals surface area contributed by atoms with Gasteiger partial charge in [-0.1, -0.05) is 30.3 Å². The molecule has 0 bridgehead atoms. The van der Waals surface area contributed by atoms with Crippen molar-refractivity contribution in [3.05, 3.63) is 42.0 Å². The molecule has 2 aromatic rings. The molecule has 0 aliphatic rings. The third-order valence-electron chi connectivity index (χ3n) is 3.22. The summed E-state index contributed by atoms with van der Waals surface area (Å²) in [5.74, 6) is 0.847. The van der Waals surface area contributed by atoms with Gasteiger partial charge in [0.05, 0.1) is 26.4 Å². The van der Waals surface area contributed by atoms with E-state index in [0.717, 1.165) is 22.1 Å². The number of hydrogen-bond acceptors (Lipinski definition) is 4. The van der Waals surface area contributed by atoms with E-state index in [4.69, 9.17) is 14.9 Å². The molecule has 102 valence electrons. The summed E-state index contributed by atoms with van der Waals surface area (Å²) in [5, 5.41) is 23.4. The van der Waals surface area contributed by atoms with E-state index in [0.29, 0.717) is 6.54 Å². The second-order valence-corrected chi connectivity index (χ2v) is 4.42. The highest BCUT2D eigenvalue weighted by molar-refractivity contribution is 5.91. The number of aliphatic hydroxyl groups is 2. The van der Waals surface area contributed by atoms with E-state index in [1.165, 1.54) is 0 Å². The Morgan fingerprint density at radius 2 is 1.74 bits per heavy atom. The Morgan fingerprint density at radius 1 is 1.05 bits per heavy atom. The molecule has 0 spiro atoms. The van der Waals surface area contributed by atoms with Crippen LogP contribution in [0.3, 0.4) is 0 Å². The number of aliphatic hydroxyl groups excluding tert-OH is 2. The summed E-state index contributed by atoms with van der Waals surface area (Å²) in [6.07, 6.45) is 0. The summed E-state index contributed by atoms with van der Waals surface area (Å²) in [5.41, 5.74) is 1.11. The average Bonchev–Trinajstić information content (AvgIpc) is 2.48. The molecule has 3 N–H and O–H groups in total. The van der Waals surface area contributed by atoms with Crippen molar-refractivity contribution < 1.29 is 14.9 Å². The molecule has 0 atom stereocenters. The number of methoxy groups -OCH3 is 1. The first-order valence-corrected chi connectivity index (χ1v) is 6.30. The monoisotopic (exact) mass is 261 g/mol. The lowest BCUT2D eigenvalue weighted by Gasteiger charge is -2.15. The molecular weight excluding hydrogens is 242 g/mol. The zero-order valence-corrected chi connectivity index (χ0v) is 11.0. The van der Waals surface area contributed by atoms with Gasteiger partial charge in [-0.15, -0.1) is 0 Å². The minimum Gasteiger partial charge on any atom is -0.496 e. The Bertz CT molecular complexity index is 538. The molecular formula is C15H19NO3. The SMILES string of the molecule is COc1ccc(CNC(CO)CO)c2ccccc12. The normalized spacial score (nSPS) is 11.2. The topological polar surface area (TPSA) is 61.7 Å². The Balaban J connectivity index is 2.29. The van der Waals surface area contributed by atoms with Crippen molar-refractivity contribution in [2.75, 3.05) is 20.3 Å². The van der Waals surface area contributed by atoms with E-state index in [1.54, 1.807) is 7.11 Å². The number of nitrogens with one attached hydrogen (secondary N) is 1. The van der Waals surface area contributed by atoms with Crippen LogP contribution in [-0.4, -0.2) is 36.6 Å². The van der Waals surface area contributed by atoms with Crippen molar-refractivity contribution in [2.45, 2.75) is 12.6 Å². The summed E-state index contributed by atoms with van der Waals surface area (Å²) >= 11 is 0. The Morgan fingerprint density at radius 3 is 2.37 bits per heavy atom. The first-order valence-electron chi connectivity index (χ1n) is 6.30. The maximum atomic E-state index is 9.06. The number of fused-ring (bicyclic) bond motifs is 1. The van der Waals surface area contributed by atoms with E-state index in [1.807, 2.05) is 36.4 Å². The van der Waals surface area contributed by atoms with Gasteiger partial charge < -0.3 is 20.3 Å². The Hall–Kier alpha value is -1.62. The van der Waals surface area contributed by atoms with Gasteiger partial charge >= 0.3 is 0 Å². The second kappa shape index (κ2) is 6.52. The quantitative estimate of drug-likeness (QED) is 0.733. The molecule has 0 aliphatic heterocycles. The highest BCUT2D eigenvalue weighted by Gasteiger charge is 2.08. The third kappa shape index (κ3) is 3.04. The van der Waals surface area contributed by atoms with Crippen LogP contribution in [0.2, 0.25) is 0 Å². The van der Waals surface area contributed by atoms with Crippen LogP contribution in [0.4, 0.5) is 0 Å². The molecule has 0 fully saturated rings. The number of benzene rings is 2. The van der Waals surface area contributed by atoms with Gasteiger partial charge in [0.25, 0.3) is 0 Å². The maximum Gasteiger partial charge on any atom is 0.126 e. The van der Waals surface area contributed by atoms with Crippen molar-refractivity contribution in [3.63, 3.8) is 0 Å². The molecule has 4 nitrogen and oxygen atoms in total. The number of rotatable bonds is 6. The van der Waals surface area contributed by atoms with Crippen molar-refractivity contribution >= 4 is 10.8 Å². The van der Waals surface area contributed by atoms with Crippen molar-refractivity contribution in [2.24, 2.45) is 0 Å². The summed E-state index contributed by atoms with van der Waals surface area (Å²) in [6.45, 7) is 0.436. The van der Waals surface area contributed by atoms with E-state index in [9.17, 15) is 0 Å². The van der Waals surface area contributed by atoms with Crippen molar-refractivity contribution in [1.29, 1.82) is 0 Å². The van der Waals surface area contributed by atoms with Gasteiger partial charge in [-0.05, 0) is 17.0 Å². The predicted octanol–water partition coefficient (Wildman–Crippen LogP) is 1.29. The zero-order valence-electron chi connectivity index (χ0n) is 11.0. The fraction of sp³-hybridized carbons (Fsp3) is 0.333. The highest BCUT2D eigenvalue weighted by atomic mass is 16.5. The van der Waals surface area contributed by atoms with Crippen molar-refractivity contribution in [3.8, 4) is 5.75 Å². The van der Waals surface area contributed by atoms with Crippen LogP contribution in [-0.2, 0) is 6.54 Å². The lowest BCUT2D eigenvalue weighted by molar-refractivity contribution is 0.170. The standard InChI is InChI=1S/C15H19NO3/c1-19-15-7-6-11(8-16-12(9-17)10-18)13-4-2-3-5-14(13)15/h2-7,12,16-18H,8-10H2,1H3. The van der Waals surface area contributed by atoms with Crippen LogP contribution in [0.25, 0.3) is 10.8 Å². The van der Waals surface area contributed by atoms with Crippen LogP contribution in [0.15, 0.2) is 36.4 Å². The molecule has 0 saturated carbocycles. The van der Waals surface area contributed by atoms with Gasteiger partial charge in [-0.3, -0.25) is 0 Å². The van der Waals surface area contributed by atoms with Gasteiger partial charge in [-0.25, -0.2) is 0 Å². The minimum absolute atomic E-state index is 0.0788. The first kappa shape index (κ1) is 13.8. The Labute approximate surface area is 112 Å². The van der Waals surface area contributed by atoms with Crippen LogP contribution in [0, 0.1) is 0 Å². The van der Waals surface area contributed by atoms with Crippen molar-refractivity contribution in [1.82, 2.24) is 5.32 Å². The second-order valence-electron chi connectivity index (χ2n) is 4.42. The number of ether oxygens (including phenoxy) is 1. The molecule has 0 amide bonds. The summed E-state index contributed by atoms with van der Waals surface area (Å²) in [7, 11) is 1.66. The molecule has 4 heteroatoms. The van der Waals surface area contributed by atoms with Crippen LogP contribution in [0.5, 0.6) is 5.75 Å². The molecule has 2 rings (SSSR count). The first-order chi connectivity index (χ1) is 9.30. The van der Waals surface area contributed by atoms with Gasteiger partial charge in [0.2, 0.25) is 0 Å². The van der Waals surface area contributed by atoms with Gasteiger partial charge in [0.15, 0.2) is 0 Å². The van der Waals surface area contributed by atoms with E-state index >= 15 is 0 Å². The maximum absolute atomic E-state index is 9.06. The largest absolute Gasteiger partial charge is 0.496 e. The smallest absolute Gasteiger partial charge is 0.126 e. The lowest BCUT2D eigenvalue weighted by Crippen LogP contribution is -2.35. The lowest BCUT2D eigenvalue weighted by atomic mass is 10.0. The summed E-state index contributed by atoms with van der Waals surface area (Å²) in [6, 6.07) is 11.7. The molecule has 2 aromatic carbocycles. The molecule has 19 heavy (non-hydrogen) atoms. The molecule has 0 saturated heterocycles. The fourth-order valence-corrected chi connectivity index (χ4v) is 2.11. The Kier molecular flexibility index (Phi) is 4.74.